The zero-order chi connectivity index (χ0) is 24.5. The van der Waals surface area contributed by atoms with Gasteiger partial charge in [0.15, 0.2) is 0 Å². The summed E-state index contributed by atoms with van der Waals surface area (Å²) in [7, 11) is 0. The first-order chi connectivity index (χ1) is 16.1. The standard InChI is InChI=1S/C24H19F4N5O/c1-14-9-17-10-16(5-6-19(17)32-22(14)29)23(34)33(13-20-18(25)3-2-8-30-20)12-15-4-7-21(31-11-15)24(26,27)28/h2-11H,12-13H2,1H3,(H2,29,32). The number of benzene rings is 1. The van der Waals surface area contributed by atoms with Gasteiger partial charge < -0.3 is 10.6 Å². The summed E-state index contributed by atoms with van der Waals surface area (Å²) in [6.45, 7) is 1.50. The van der Waals surface area contributed by atoms with Crippen molar-refractivity contribution in [2.75, 3.05) is 5.73 Å². The SMILES string of the molecule is Cc1cc2cc(C(=O)N(Cc3ccc(C(F)(F)F)nc3)Cc3ncccc3F)ccc2nc1N. The highest BCUT2D eigenvalue weighted by molar-refractivity contribution is 5.98. The van der Waals surface area contributed by atoms with Gasteiger partial charge >= 0.3 is 6.18 Å². The van der Waals surface area contributed by atoms with Crippen LogP contribution in [0.4, 0.5) is 23.4 Å². The van der Waals surface area contributed by atoms with Crippen LogP contribution < -0.4 is 5.73 Å². The van der Waals surface area contributed by atoms with Gasteiger partial charge in [0.1, 0.15) is 17.3 Å². The van der Waals surface area contributed by atoms with Gasteiger partial charge in [-0.2, -0.15) is 13.2 Å². The Labute approximate surface area is 192 Å². The van der Waals surface area contributed by atoms with E-state index in [1.165, 1.54) is 29.3 Å². The fourth-order valence-corrected chi connectivity index (χ4v) is 3.43. The molecule has 4 rings (SSSR count). The first kappa shape index (κ1) is 23.1. The van der Waals surface area contributed by atoms with Crippen molar-refractivity contribution >= 4 is 22.6 Å². The number of anilines is 1. The van der Waals surface area contributed by atoms with Gasteiger partial charge in [-0.25, -0.2) is 9.37 Å². The number of carbonyl (C=O) groups is 1. The molecular weight excluding hydrogens is 450 g/mol. The predicted molar refractivity (Wildman–Crippen MR) is 118 cm³/mol. The van der Waals surface area contributed by atoms with Gasteiger partial charge in [0.05, 0.1) is 17.8 Å². The molecule has 0 radical (unpaired) electrons. The summed E-state index contributed by atoms with van der Waals surface area (Å²) in [5, 5.41) is 0.692. The minimum Gasteiger partial charge on any atom is -0.383 e. The molecule has 1 aromatic carbocycles. The summed E-state index contributed by atoms with van der Waals surface area (Å²) in [5.41, 5.74) is 6.85. The third kappa shape index (κ3) is 4.95. The molecule has 34 heavy (non-hydrogen) atoms. The van der Waals surface area contributed by atoms with Crippen LogP contribution in [-0.4, -0.2) is 25.8 Å². The summed E-state index contributed by atoms with van der Waals surface area (Å²) >= 11 is 0. The number of hydrogen-bond acceptors (Lipinski definition) is 5. The molecule has 0 unspecified atom stereocenters. The maximum absolute atomic E-state index is 14.3. The van der Waals surface area contributed by atoms with E-state index in [9.17, 15) is 22.4 Å². The second kappa shape index (κ2) is 9.05. The molecule has 1 amide bonds. The Hall–Kier alpha value is -4.08. The topological polar surface area (TPSA) is 85.0 Å². The van der Waals surface area contributed by atoms with Crippen LogP contribution >= 0.6 is 0 Å². The smallest absolute Gasteiger partial charge is 0.383 e. The highest BCUT2D eigenvalue weighted by Gasteiger charge is 2.32. The van der Waals surface area contributed by atoms with Crippen LogP contribution in [0.2, 0.25) is 0 Å². The van der Waals surface area contributed by atoms with E-state index in [2.05, 4.69) is 15.0 Å². The fourth-order valence-electron chi connectivity index (χ4n) is 3.43. The van der Waals surface area contributed by atoms with E-state index in [-0.39, 0.29) is 18.8 Å². The van der Waals surface area contributed by atoms with Crippen LogP contribution in [0, 0.1) is 12.7 Å². The van der Waals surface area contributed by atoms with Crippen molar-refractivity contribution in [2.45, 2.75) is 26.2 Å². The van der Waals surface area contributed by atoms with Crippen molar-refractivity contribution in [3.05, 3.63) is 94.8 Å². The van der Waals surface area contributed by atoms with E-state index in [1.54, 1.807) is 31.2 Å². The predicted octanol–water partition coefficient (Wildman–Crippen LogP) is 4.92. The number of halogens is 4. The van der Waals surface area contributed by atoms with Crippen molar-refractivity contribution in [1.82, 2.24) is 19.9 Å². The normalized spacial score (nSPS) is 11.6. The highest BCUT2D eigenvalue weighted by Crippen LogP contribution is 2.27. The highest BCUT2D eigenvalue weighted by atomic mass is 19.4. The number of nitrogen functional groups attached to an aromatic ring is 1. The molecule has 0 spiro atoms. The zero-order valence-electron chi connectivity index (χ0n) is 18.0. The van der Waals surface area contributed by atoms with Crippen molar-refractivity contribution in [3.63, 3.8) is 0 Å². The number of aromatic nitrogens is 3. The molecule has 0 aliphatic rings. The van der Waals surface area contributed by atoms with Crippen molar-refractivity contribution in [1.29, 1.82) is 0 Å². The number of nitrogens with zero attached hydrogens (tertiary/aromatic N) is 4. The van der Waals surface area contributed by atoms with Crippen molar-refractivity contribution < 1.29 is 22.4 Å². The molecule has 4 aromatic rings. The van der Waals surface area contributed by atoms with Crippen LogP contribution in [0.5, 0.6) is 0 Å². The van der Waals surface area contributed by atoms with E-state index in [0.29, 0.717) is 27.8 Å². The lowest BCUT2D eigenvalue weighted by molar-refractivity contribution is -0.141. The largest absolute Gasteiger partial charge is 0.433 e. The Bertz CT molecular complexity index is 1360. The number of aryl methyl sites for hydroxylation is 1. The second-order valence-electron chi connectivity index (χ2n) is 7.74. The minimum absolute atomic E-state index is 0.0294. The monoisotopic (exact) mass is 469 g/mol. The second-order valence-corrected chi connectivity index (χ2v) is 7.74. The minimum atomic E-state index is -4.58. The average Bonchev–Trinajstić information content (AvgIpc) is 2.80. The number of alkyl halides is 3. The van der Waals surface area contributed by atoms with Crippen LogP contribution in [-0.2, 0) is 19.3 Å². The van der Waals surface area contributed by atoms with Crippen LogP contribution in [0.1, 0.15) is 32.9 Å². The van der Waals surface area contributed by atoms with Gasteiger partial charge in [-0.05, 0) is 60.5 Å². The molecule has 0 saturated carbocycles. The van der Waals surface area contributed by atoms with Gasteiger partial charge in [0.2, 0.25) is 0 Å². The number of carbonyl (C=O) groups excluding carboxylic acids is 1. The molecule has 174 valence electrons. The van der Waals surface area contributed by atoms with Crippen LogP contribution in [0.25, 0.3) is 10.9 Å². The quantitative estimate of drug-likeness (QED) is 0.420. The van der Waals surface area contributed by atoms with E-state index >= 15 is 0 Å². The number of amides is 1. The molecule has 10 heteroatoms. The van der Waals surface area contributed by atoms with Gasteiger partial charge in [-0.3, -0.25) is 14.8 Å². The Kier molecular flexibility index (Phi) is 6.14. The summed E-state index contributed by atoms with van der Waals surface area (Å²) in [5.74, 6) is -0.672. The third-order valence-electron chi connectivity index (χ3n) is 5.24. The molecule has 2 N–H and O–H groups in total. The van der Waals surface area contributed by atoms with E-state index in [1.807, 2.05) is 0 Å². The lowest BCUT2D eigenvalue weighted by Gasteiger charge is -2.23. The Morgan fingerprint density at radius 2 is 1.85 bits per heavy atom. The van der Waals surface area contributed by atoms with Crippen LogP contribution in [0.3, 0.4) is 0 Å². The molecule has 0 aliphatic carbocycles. The first-order valence-electron chi connectivity index (χ1n) is 10.2. The summed E-state index contributed by atoms with van der Waals surface area (Å²) < 4.78 is 52.8. The molecule has 3 heterocycles. The Morgan fingerprint density at radius 1 is 1.06 bits per heavy atom. The van der Waals surface area contributed by atoms with Crippen molar-refractivity contribution in [2.24, 2.45) is 0 Å². The fraction of sp³-hybridized carbons (Fsp3) is 0.167. The number of hydrogen-bond donors (Lipinski definition) is 1. The summed E-state index contributed by atoms with van der Waals surface area (Å²) in [6, 6.07) is 11.4. The Morgan fingerprint density at radius 3 is 2.53 bits per heavy atom. The summed E-state index contributed by atoms with van der Waals surface area (Å²) in [4.78, 5) is 26.4. The van der Waals surface area contributed by atoms with Gasteiger partial charge in [-0.1, -0.05) is 6.07 Å². The molecule has 0 fully saturated rings. The molecule has 0 aliphatic heterocycles. The molecule has 0 bridgehead atoms. The zero-order valence-corrected chi connectivity index (χ0v) is 18.0. The summed E-state index contributed by atoms with van der Waals surface area (Å²) in [6.07, 6.45) is -2.13. The molecule has 6 nitrogen and oxygen atoms in total. The molecule has 0 saturated heterocycles. The lowest BCUT2D eigenvalue weighted by Crippen LogP contribution is -2.31. The molecular formula is C24H19F4N5O. The van der Waals surface area contributed by atoms with Gasteiger partial charge in [0.25, 0.3) is 5.91 Å². The maximum atomic E-state index is 14.3. The first-order valence-corrected chi connectivity index (χ1v) is 10.2. The third-order valence-corrected chi connectivity index (χ3v) is 5.24. The molecule has 0 atom stereocenters. The van der Waals surface area contributed by atoms with E-state index in [0.717, 1.165) is 17.8 Å². The van der Waals surface area contributed by atoms with Crippen LogP contribution in [0.15, 0.2) is 60.9 Å². The van der Waals surface area contributed by atoms with Gasteiger partial charge in [0, 0.05) is 29.9 Å². The van der Waals surface area contributed by atoms with Gasteiger partial charge in [-0.15, -0.1) is 0 Å². The number of fused-ring (bicyclic) bond motifs is 1. The van der Waals surface area contributed by atoms with E-state index < -0.39 is 23.6 Å². The average molecular weight is 469 g/mol. The Balaban J connectivity index is 1.68. The van der Waals surface area contributed by atoms with Crippen molar-refractivity contribution in [3.8, 4) is 0 Å². The maximum Gasteiger partial charge on any atom is 0.433 e. The number of pyridine rings is 3. The molecule has 3 aromatic heterocycles. The lowest BCUT2D eigenvalue weighted by atomic mass is 10.1. The number of nitrogens with two attached hydrogens (primary N) is 1. The van der Waals surface area contributed by atoms with E-state index in [4.69, 9.17) is 5.73 Å². The number of rotatable bonds is 5.